The zero-order valence-corrected chi connectivity index (χ0v) is 20.2. The van der Waals surface area contributed by atoms with Crippen LogP contribution in [0, 0.1) is 0 Å². The van der Waals surface area contributed by atoms with Crippen molar-refractivity contribution in [2.75, 3.05) is 17.3 Å². The Morgan fingerprint density at radius 1 is 1.16 bits per heavy atom. The summed E-state index contributed by atoms with van der Waals surface area (Å²) in [5.74, 6) is 0.436. The average molecular weight is 478 g/mol. The molecule has 0 N–H and O–H groups in total. The second-order valence-corrected chi connectivity index (χ2v) is 11.9. The third-order valence-corrected chi connectivity index (χ3v) is 9.03. The molecule has 0 radical (unpaired) electrons. The first-order valence-electron chi connectivity index (χ1n) is 11.5. The highest BCUT2D eigenvalue weighted by Crippen LogP contribution is 2.30. The molecule has 32 heavy (non-hydrogen) atoms. The Balaban J connectivity index is 1.43. The van der Waals surface area contributed by atoms with Crippen molar-refractivity contribution in [3.8, 4) is 5.69 Å². The van der Waals surface area contributed by atoms with Crippen LogP contribution in [0.3, 0.4) is 0 Å². The second-order valence-electron chi connectivity index (χ2n) is 8.73. The molecule has 1 saturated carbocycles. The van der Waals surface area contributed by atoms with Crippen molar-refractivity contribution < 1.29 is 13.2 Å². The number of hydrogen-bond donors (Lipinski definition) is 0. The summed E-state index contributed by atoms with van der Waals surface area (Å²) in [6.07, 6.45) is 8.00. The van der Waals surface area contributed by atoms with Crippen molar-refractivity contribution in [2.24, 2.45) is 0 Å². The van der Waals surface area contributed by atoms with E-state index in [0.29, 0.717) is 11.6 Å². The van der Waals surface area contributed by atoms with Gasteiger partial charge in [0.25, 0.3) is 0 Å². The molecule has 1 aliphatic carbocycles. The zero-order chi connectivity index (χ0) is 22.6. The monoisotopic (exact) mass is 477 g/mol. The predicted octanol–water partition coefficient (Wildman–Crippen LogP) is 3.06. The Kier molecular flexibility index (Phi) is 7.50. The lowest BCUT2D eigenvalue weighted by Crippen LogP contribution is -2.47. The van der Waals surface area contributed by atoms with Gasteiger partial charge in [-0.1, -0.05) is 50.1 Å². The minimum absolute atomic E-state index is 0.0199. The van der Waals surface area contributed by atoms with E-state index in [4.69, 9.17) is 0 Å². The maximum Gasteiger partial charge on any atom is 0.233 e. The van der Waals surface area contributed by atoms with E-state index in [9.17, 15) is 13.2 Å². The lowest BCUT2D eigenvalue weighted by Gasteiger charge is -2.34. The minimum atomic E-state index is -3.05. The number of benzene rings is 1. The van der Waals surface area contributed by atoms with E-state index < -0.39 is 9.84 Å². The molecule has 1 amide bonds. The van der Waals surface area contributed by atoms with Crippen LogP contribution in [-0.4, -0.2) is 68.8 Å². The number of carbonyl (C=O) groups excluding carboxylic acids is 1. The standard InChI is InChI=1S/C22H31N5O3S2/c1-2-3-6-17-9-11-19(12-10-17)27-22(23-24-25-27)31-15-21(28)26(18-7-4-5-8-18)20-13-14-32(29,30)16-20/h9-12,18,20H,2-8,13-16H2,1H3. The predicted molar refractivity (Wildman–Crippen MR) is 125 cm³/mol. The number of unbranched alkanes of at least 4 members (excludes halogenated alkanes) is 1. The van der Waals surface area contributed by atoms with Crippen molar-refractivity contribution in [1.82, 2.24) is 25.1 Å². The second kappa shape index (κ2) is 10.3. The third-order valence-electron chi connectivity index (χ3n) is 6.37. The smallest absolute Gasteiger partial charge is 0.233 e. The summed E-state index contributed by atoms with van der Waals surface area (Å²) in [5, 5.41) is 12.6. The van der Waals surface area contributed by atoms with Crippen molar-refractivity contribution in [3.63, 3.8) is 0 Å². The molecule has 10 heteroatoms. The molecular weight excluding hydrogens is 446 g/mol. The molecule has 1 aromatic heterocycles. The fraction of sp³-hybridized carbons (Fsp3) is 0.636. The molecule has 0 spiro atoms. The lowest BCUT2D eigenvalue weighted by molar-refractivity contribution is -0.132. The first-order valence-corrected chi connectivity index (χ1v) is 14.3. The third kappa shape index (κ3) is 5.51. The normalized spacial score (nSPS) is 20.6. The van der Waals surface area contributed by atoms with Gasteiger partial charge in [0.15, 0.2) is 9.84 Å². The number of carbonyl (C=O) groups is 1. The Morgan fingerprint density at radius 3 is 2.56 bits per heavy atom. The van der Waals surface area contributed by atoms with E-state index in [2.05, 4.69) is 34.6 Å². The van der Waals surface area contributed by atoms with E-state index in [1.807, 2.05) is 17.0 Å². The molecule has 2 fully saturated rings. The van der Waals surface area contributed by atoms with Gasteiger partial charge >= 0.3 is 0 Å². The zero-order valence-electron chi connectivity index (χ0n) is 18.5. The first kappa shape index (κ1) is 23.2. The van der Waals surface area contributed by atoms with Crippen molar-refractivity contribution in [1.29, 1.82) is 0 Å². The van der Waals surface area contributed by atoms with E-state index in [1.54, 1.807) is 4.68 Å². The number of rotatable bonds is 9. The fourth-order valence-corrected chi connectivity index (χ4v) is 7.17. The molecule has 1 aliphatic heterocycles. The molecule has 8 nitrogen and oxygen atoms in total. The molecular formula is C22H31N5O3S2. The topological polar surface area (TPSA) is 98.1 Å². The SMILES string of the molecule is CCCCc1ccc(-n2nnnc2SCC(=O)N(C2CCCC2)C2CCS(=O)(=O)C2)cc1. The summed E-state index contributed by atoms with van der Waals surface area (Å²) in [4.78, 5) is 15.1. The molecule has 2 aromatic rings. The van der Waals surface area contributed by atoms with Gasteiger partial charge in [-0.3, -0.25) is 4.79 Å². The number of nitrogens with zero attached hydrogens (tertiary/aromatic N) is 5. The average Bonchev–Trinajstić information content (AvgIpc) is 3.53. The molecule has 1 saturated heterocycles. The molecule has 1 atom stereocenters. The number of aryl methyl sites for hydroxylation is 1. The van der Waals surface area contributed by atoms with Crippen LogP contribution in [-0.2, 0) is 21.1 Å². The molecule has 0 bridgehead atoms. The number of aromatic nitrogens is 4. The first-order chi connectivity index (χ1) is 15.5. The fourth-order valence-electron chi connectivity index (χ4n) is 4.70. The van der Waals surface area contributed by atoms with Crippen LogP contribution in [0.25, 0.3) is 5.69 Å². The van der Waals surface area contributed by atoms with E-state index >= 15 is 0 Å². The largest absolute Gasteiger partial charge is 0.335 e. The summed E-state index contributed by atoms with van der Waals surface area (Å²) < 4.78 is 25.7. The summed E-state index contributed by atoms with van der Waals surface area (Å²) in [5.41, 5.74) is 2.14. The highest BCUT2D eigenvalue weighted by atomic mass is 32.2. The van der Waals surface area contributed by atoms with Gasteiger partial charge in [0.1, 0.15) is 0 Å². The summed E-state index contributed by atoms with van der Waals surface area (Å²) in [6.45, 7) is 2.18. The maximum absolute atomic E-state index is 13.2. The van der Waals surface area contributed by atoms with Crippen LogP contribution in [0.15, 0.2) is 29.4 Å². The number of sulfone groups is 1. The number of tetrazole rings is 1. The number of hydrogen-bond acceptors (Lipinski definition) is 7. The van der Waals surface area contributed by atoms with Gasteiger partial charge in [-0.25, -0.2) is 8.42 Å². The Hall–Kier alpha value is -1.94. The van der Waals surface area contributed by atoms with Crippen LogP contribution in [0.2, 0.25) is 0 Å². The van der Waals surface area contributed by atoms with Gasteiger partial charge in [0, 0.05) is 12.1 Å². The summed E-state index contributed by atoms with van der Waals surface area (Å²) >= 11 is 1.31. The Bertz CT molecular complexity index is 1020. The van der Waals surface area contributed by atoms with E-state index in [0.717, 1.165) is 50.6 Å². The van der Waals surface area contributed by atoms with Crippen LogP contribution >= 0.6 is 11.8 Å². The van der Waals surface area contributed by atoms with Crippen molar-refractivity contribution in [2.45, 2.75) is 75.5 Å². The van der Waals surface area contributed by atoms with Crippen LogP contribution < -0.4 is 0 Å². The van der Waals surface area contributed by atoms with Crippen molar-refractivity contribution in [3.05, 3.63) is 29.8 Å². The molecule has 1 aromatic carbocycles. The van der Waals surface area contributed by atoms with Gasteiger partial charge in [0.2, 0.25) is 11.1 Å². The molecule has 1 unspecified atom stereocenters. The molecule has 2 heterocycles. The molecule has 174 valence electrons. The maximum atomic E-state index is 13.2. The van der Waals surface area contributed by atoms with Crippen molar-refractivity contribution >= 4 is 27.5 Å². The lowest BCUT2D eigenvalue weighted by atomic mass is 10.1. The molecule has 2 aliphatic rings. The van der Waals surface area contributed by atoms with Crippen LogP contribution in [0.4, 0.5) is 0 Å². The Morgan fingerprint density at radius 2 is 1.91 bits per heavy atom. The highest BCUT2D eigenvalue weighted by molar-refractivity contribution is 7.99. The van der Waals surface area contributed by atoms with Gasteiger partial charge < -0.3 is 4.90 Å². The van der Waals surface area contributed by atoms with Crippen LogP contribution in [0.1, 0.15) is 57.4 Å². The number of thioether (sulfide) groups is 1. The van der Waals surface area contributed by atoms with Gasteiger partial charge in [0.05, 0.1) is 22.9 Å². The van der Waals surface area contributed by atoms with Crippen LogP contribution in [0.5, 0.6) is 0 Å². The number of amides is 1. The van der Waals surface area contributed by atoms with E-state index in [-0.39, 0.29) is 35.2 Å². The summed E-state index contributed by atoms with van der Waals surface area (Å²) in [6, 6.07) is 8.13. The van der Waals surface area contributed by atoms with Gasteiger partial charge in [-0.2, -0.15) is 4.68 Å². The highest BCUT2D eigenvalue weighted by Gasteiger charge is 2.39. The minimum Gasteiger partial charge on any atom is -0.335 e. The van der Waals surface area contributed by atoms with Gasteiger partial charge in [-0.15, -0.1) is 5.10 Å². The van der Waals surface area contributed by atoms with E-state index in [1.165, 1.54) is 17.3 Å². The quantitative estimate of drug-likeness (QED) is 0.512. The Labute approximate surface area is 194 Å². The summed E-state index contributed by atoms with van der Waals surface area (Å²) in [7, 11) is -3.05. The molecule has 4 rings (SSSR count). The van der Waals surface area contributed by atoms with Gasteiger partial charge in [-0.05, 0) is 60.2 Å².